The summed E-state index contributed by atoms with van der Waals surface area (Å²) >= 11 is 0. The second-order valence-electron chi connectivity index (χ2n) is 5.31. The van der Waals surface area contributed by atoms with E-state index in [1.165, 1.54) is 11.8 Å². The molecule has 1 heterocycles. The number of amides is 3. The van der Waals surface area contributed by atoms with Gasteiger partial charge in [0.05, 0.1) is 11.1 Å². The molecule has 116 valence electrons. The van der Waals surface area contributed by atoms with Crippen molar-refractivity contribution >= 4 is 23.4 Å². The van der Waals surface area contributed by atoms with Crippen molar-refractivity contribution in [3.05, 3.63) is 65.7 Å². The van der Waals surface area contributed by atoms with Gasteiger partial charge in [0.1, 0.15) is 0 Å². The van der Waals surface area contributed by atoms with Gasteiger partial charge in [0.15, 0.2) is 0 Å². The lowest BCUT2D eigenvalue weighted by molar-refractivity contribution is -0.116. The number of benzene rings is 2. The van der Waals surface area contributed by atoms with Crippen LogP contribution in [0.2, 0.25) is 0 Å². The lowest BCUT2D eigenvalue weighted by atomic mass is 10.1. The molecule has 5 heteroatoms. The monoisotopic (exact) mass is 308 g/mol. The number of fused-ring (bicyclic) bond motifs is 1. The smallest absolute Gasteiger partial charge is 0.261 e. The molecule has 0 fully saturated rings. The first-order chi connectivity index (χ1) is 11.1. The van der Waals surface area contributed by atoms with Gasteiger partial charge in [-0.25, -0.2) is 0 Å². The average Bonchev–Trinajstić information content (AvgIpc) is 2.81. The minimum Gasteiger partial charge on any atom is -0.311 e. The maximum Gasteiger partial charge on any atom is 0.261 e. The van der Waals surface area contributed by atoms with E-state index >= 15 is 0 Å². The van der Waals surface area contributed by atoms with E-state index in [0.717, 1.165) is 5.69 Å². The fourth-order valence-electron chi connectivity index (χ4n) is 2.72. The van der Waals surface area contributed by atoms with E-state index in [-0.39, 0.29) is 30.8 Å². The Morgan fingerprint density at radius 3 is 1.96 bits per heavy atom. The van der Waals surface area contributed by atoms with Crippen LogP contribution < -0.4 is 4.90 Å². The summed E-state index contributed by atoms with van der Waals surface area (Å²) in [4.78, 5) is 39.3. The molecule has 0 saturated carbocycles. The molecule has 0 aromatic heterocycles. The van der Waals surface area contributed by atoms with E-state index in [2.05, 4.69) is 0 Å². The van der Waals surface area contributed by atoms with E-state index in [1.807, 2.05) is 30.3 Å². The summed E-state index contributed by atoms with van der Waals surface area (Å²) in [5, 5.41) is 0. The molecule has 0 aliphatic carbocycles. The van der Waals surface area contributed by atoms with Gasteiger partial charge in [0.25, 0.3) is 11.8 Å². The highest BCUT2D eigenvalue weighted by atomic mass is 16.2. The lowest BCUT2D eigenvalue weighted by Crippen LogP contribution is -2.40. The van der Waals surface area contributed by atoms with E-state index in [4.69, 9.17) is 0 Å². The van der Waals surface area contributed by atoms with Crippen LogP contribution in [0.4, 0.5) is 5.69 Å². The summed E-state index contributed by atoms with van der Waals surface area (Å²) in [6.07, 6.45) is 0. The lowest BCUT2D eigenvalue weighted by Gasteiger charge is -2.23. The number of imide groups is 1. The third-order valence-corrected chi connectivity index (χ3v) is 3.87. The highest BCUT2D eigenvalue weighted by Gasteiger charge is 2.35. The molecular formula is C18H16N2O3. The van der Waals surface area contributed by atoms with Crippen molar-refractivity contribution in [1.82, 2.24) is 4.90 Å². The molecule has 1 aliphatic heterocycles. The number of anilines is 1. The first-order valence-corrected chi connectivity index (χ1v) is 7.38. The molecule has 2 aromatic carbocycles. The van der Waals surface area contributed by atoms with Crippen molar-refractivity contribution < 1.29 is 14.4 Å². The number of carbonyl (C=O) groups is 3. The molecule has 23 heavy (non-hydrogen) atoms. The molecule has 0 saturated heterocycles. The number of hydrogen-bond donors (Lipinski definition) is 0. The van der Waals surface area contributed by atoms with E-state index < -0.39 is 0 Å². The number of carbonyl (C=O) groups excluding carboxylic acids is 3. The zero-order valence-corrected chi connectivity index (χ0v) is 12.7. The summed E-state index contributed by atoms with van der Waals surface area (Å²) in [6.45, 7) is 1.90. The maximum atomic E-state index is 12.3. The summed E-state index contributed by atoms with van der Waals surface area (Å²) in [6, 6.07) is 16.0. The molecule has 5 nitrogen and oxygen atoms in total. The van der Waals surface area contributed by atoms with Gasteiger partial charge in [0.2, 0.25) is 5.91 Å². The zero-order chi connectivity index (χ0) is 16.4. The van der Waals surface area contributed by atoms with Crippen molar-refractivity contribution in [3.8, 4) is 0 Å². The van der Waals surface area contributed by atoms with E-state index in [1.54, 1.807) is 29.2 Å². The Kier molecular flexibility index (Phi) is 3.93. The van der Waals surface area contributed by atoms with Crippen LogP contribution in [0.5, 0.6) is 0 Å². The standard InChI is InChI=1S/C18H16N2O3/c1-13(21)19(14-7-3-2-4-8-14)11-12-20-17(22)15-9-5-6-10-16(15)18(20)23/h2-10H,11-12H2,1H3. The first kappa shape index (κ1) is 15.0. The Balaban J connectivity index is 1.77. The molecule has 0 unspecified atom stereocenters. The second kappa shape index (κ2) is 6.04. The topological polar surface area (TPSA) is 57.7 Å². The fourth-order valence-corrected chi connectivity index (χ4v) is 2.72. The summed E-state index contributed by atoms with van der Waals surface area (Å²) in [5.41, 5.74) is 1.59. The summed E-state index contributed by atoms with van der Waals surface area (Å²) in [5.74, 6) is -0.739. The van der Waals surface area contributed by atoms with Crippen molar-refractivity contribution in [1.29, 1.82) is 0 Å². The number of hydrogen-bond acceptors (Lipinski definition) is 3. The van der Waals surface area contributed by atoms with E-state index in [0.29, 0.717) is 11.1 Å². The van der Waals surface area contributed by atoms with Gasteiger partial charge in [-0.1, -0.05) is 30.3 Å². The number of nitrogens with zero attached hydrogens (tertiary/aromatic N) is 2. The minimum atomic E-state index is -0.304. The van der Waals surface area contributed by atoms with Gasteiger partial charge in [-0.3, -0.25) is 19.3 Å². The Hall–Kier alpha value is -2.95. The molecule has 0 bridgehead atoms. The van der Waals surface area contributed by atoms with Crippen LogP contribution in [0, 0.1) is 0 Å². The largest absolute Gasteiger partial charge is 0.311 e. The molecule has 0 radical (unpaired) electrons. The predicted octanol–water partition coefficient (Wildman–Crippen LogP) is 2.34. The molecule has 0 N–H and O–H groups in total. The molecule has 1 aliphatic rings. The van der Waals surface area contributed by atoms with Crippen LogP contribution in [0.3, 0.4) is 0 Å². The Bertz CT molecular complexity index is 736. The van der Waals surface area contributed by atoms with Crippen LogP contribution >= 0.6 is 0 Å². The molecule has 2 aromatic rings. The molecule has 3 rings (SSSR count). The molecule has 0 spiro atoms. The normalized spacial score (nSPS) is 13.2. The average molecular weight is 308 g/mol. The second-order valence-corrected chi connectivity index (χ2v) is 5.31. The Morgan fingerprint density at radius 2 is 1.43 bits per heavy atom. The Morgan fingerprint density at radius 1 is 0.913 bits per heavy atom. The maximum absolute atomic E-state index is 12.3. The van der Waals surface area contributed by atoms with E-state index in [9.17, 15) is 14.4 Å². The van der Waals surface area contributed by atoms with Gasteiger partial charge in [-0.15, -0.1) is 0 Å². The van der Waals surface area contributed by atoms with Crippen molar-refractivity contribution in [2.24, 2.45) is 0 Å². The van der Waals surface area contributed by atoms with Gasteiger partial charge in [0, 0.05) is 25.7 Å². The summed E-state index contributed by atoms with van der Waals surface area (Å²) in [7, 11) is 0. The third kappa shape index (κ3) is 2.73. The van der Waals surface area contributed by atoms with Crippen molar-refractivity contribution in [2.75, 3.05) is 18.0 Å². The van der Waals surface area contributed by atoms with Crippen LogP contribution in [0.1, 0.15) is 27.6 Å². The Labute approximate surface area is 134 Å². The highest BCUT2D eigenvalue weighted by Crippen LogP contribution is 2.22. The molecule has 3 amide bonds. The van der Waals surface area contributed by atoms with Gasteiger partial charge < -0.3 is 4.90 Å². The van der Waals surface area contributed by atoms with Gasteiger partial charge >= 0.3 is 0 Å². The van der Waals surface area contributed by atoms with Gasteiger partial charge in [-0.05, 0) is 24.3 Å². The third-order valence-electron chi connectivity index (χ3n) is 3.87. The quantitative estimate of drug-likeness (QED) is 0.815. The van der Waals surface area contributed by atoms with Crippen LogP contribution in [-0.4, -0.2) is 35.7 Å². The molecular weight excluding hydrogens is 292 g/mol. The van der Waals surface area contributed by atoms with Crippen LogP contribution in [0.15, 0.2) is 54.6 Å². The first-order valence-electron chi connectivity index (χ1n) is 7.38. The summed E-state index contributed by atoms with van der Waals surface area (Å²) < 4.78 is 0. The number of rotatable bonds is 4. The highest BCUT2D eigenvalue weighted by molar-refractivity contribution is 6.21. The van der Waals surface area contributed by atoms with Crippen LogP contribution in [0.25, 0.3) is 0 Å². The van der Waals surface area contributed by atoms with Gasteiger partial charge in [-0.2, -0.15) is 0 Å². The van der Waals surface area contributed by atoms with Crippen molar-refractivity contribution in [3.63, 3.8) is 0 Å². The number of para-hydroxylation sites is 1. The van der Waals surface area contributed by atoms with Crippen LogP contribution in [-0.2, 0) is 4.79 Å². The predicted molar refractivity (Wildman–Crippen MR) is 86.3 cm³/mol. The molecule has 0 atom stereocenters. The zero-order valence-electron chi connectivity index (χ0n) is 12.7. The SMILES string of the molecule is CC(=O)N(CCN1C(=O)c2ccccc2C1=O)c1ccccc1. The minimum absolute atomic E-state index is 0.132. The fraction of sp³-hybridized carbons (Fsp3) is 0.167. The van der Waals surface area contributed by atoms with Crippen molar-refractivity contribution in [2.45, 2.75) is 6.92 Å².